The van der Waals surface area contributed by atoms with Gasteiger partial charge in [0.05, 0.1) is 31.5 Å². The highest BCUT2D eigenvalue weighted by atomic mass is 16.8. The number of carbonyl (C=O) groups excluding carboxylic acids is 1. The van der Waals surface area contributed by atoms with Crippen LogP contribution in [0.4, 0.5) is 0 Å². The Bertz CT molecular complexity index is 1750. The van der Waals surface area contributed by atoms with Crippen LogP contribution in [0.3, 0.4) is 0 Å². The van der Waals surface area contributed by atoms with Crippen LogP contribution in [0.2, 0.25) is 0 Å². The SMILES string of the molecule is CC(=O)C1=CC[C@H]2[C@@H]3CC=C4C[C@H](O[C@H]5O[C@@H](CO)[C@H](O[C@H]6O[C@@H](C)[C@H](O)[C@@H](O)[C@@H]6O)[C@@H](O[C@H]6O[C@@H](CO)[C@H](O)[C@@H](O)[C@@H]6O)[C@@H]5O[C@H]5O[C@@H](C)[C@H](O)[C@@H](O)[C@@H]5O)CC[C@]4(C)[C@H]3CC[C@@]12C. The summed E-state index contributed by atoms with van der Waals surface area (Å²) in [6.45, 7) is 7.47. The lowest BCUT2D eigenvalue weighted by atomic mass is 9.47. The smallest absolute Gasteiger partial charge is 0.187 e. The van der Waals surface area contributed by atoms with Gasteiger partial charge in [0.15, 0.2) is 30.9 Å². The summed E-state index contributed by atoms with van der Waals surface area (Å²) in [5.74, 6) is 1.27. The molecule has 26 atom stereocenters. The van der Waals surface area contributed by atoms with E-state index in [-0.39, 0.29) is 16.6 Å². The van der Waals surface area contributed by atoms with Crippen molar-refractivity contribution in [2.75, 3.05) is 13.2 Å². The second-order valence-corrected chi connectivity index (χ2v) is 20.2. The van der Waals surface area contributed by atoms with Gasteiger partial charge in [0.2, 0.25) is 0 Å². The molecular weight excluding hydrogens is 860 g/mol. The van der Waals surface area contributed by atoms with Crippen LogP contribution >= 0.6 is 0 Å². The number of allylic oxidation sites excluding steroid dienone is 3. The molecule has 0 radical (unpaired) electrons. The fraction of sp³-hybridized carbons (Fsp3) is 0.889. The van der Waals surface area contributed by atoms with E-state index in [9.17, 15) is 61.0 Å². The number of hydrogen-bond donors (Lipinski definition) is 11. The van der Waals surface area contributed by atoms with Gasteiger partial charge in [-0.2, -0.15) is 0 Å². The summed E-state index contributed by atoms with van der Waals surface area (Å²) in [7, 11) is 0. The Kier molecular flexibility index (Phi) is 14.8. The molecule has 0 bridgehead atoms. The summed E-state index contributed by atoms with van der Waals surface area (Å²) >= 11 is 0. The van der Waals surface area contributed by atoms with E-state index in [2.05, 4.69) is 26.0 Å². The minimum atomic E-state index is -1.96. The van der Waals surface area contributed by atoms with Crippen LogP contribution in [0.25, 0.3) is 0 Å². The van der Waals surface area contributed by atoms with Crippen molar-refractivity contribution < 1.29 is 98.9 Å². The molecule has 0 aromatic carbocycles. The van der Waals surface area contributed by atoms with Gasteiger partial charge in [-0.05, 0) is 99.9 Å². The average Bonchev–Trinajstić information content (AvgIpc) is 3.65. The number of ether oxygens (including phenoxy) is 8. The highest BCUT2D eigenvalue weighted by Gasteiger charge is 2.60. The topological polar surface area (TPSA) is 313 Å². The van der Waals surface area contributed by atoms with Gasteiger partial charge >= 0.3 is 0 Å². The van der Waals surface area contributed by atoms with Crippen molar-refractivity contribution >= 4 is 5.78 Å². The van der Waals surface area contributed by atoms with Crippen LogP contribution in [-0.2, 0) is 42.7 Å². The zero-order chi connectivity index (χ0) is 47.0. The maximum atomic E-state index is 12.7. The van der Waals surface area contributed by atoms with Crippen molar-refractivity contribution in [1.82, 2.24) is 0 Å². The van der Waals surface area contributed by atoms with Gasteiger partial charge in [-0.3, -0.25) is 4.79 Å². The van der Waals surface area contributed by atoms with Gasteiger partial charge in [0.25, 0.3) is 0 Å². The Labute approximate surface area is 377 Å². The highest BCUT2D eigenvalue weighted by Crippen LogP contribution is 2.65. The number of hydrogen-bond acceptors (Lipinski definition) is 20. The third-order valence-corrected chi connectivity index (χ3v) is 16.5. The molecule has 0 aromatic rings. The number of Topliss-reactive ketones (excluding diaryl/α,β-unsaturated/α-hetero) is 1. The maximum absolute atomic E-state index is 12.7. The number of fused-ring (bicyclic) bond motifs is 5. The largest absolute Gasteiger partial charge is 0.394 e. The molecule has 8 aliphatic rings. The second-order valence-electron chi connectivity index (χ2n) is 20.2. The third-order valence-electron chi connectivity index (χ3n) is 16.5. The van der Waals surface area contributed by atoms with E-state index in [4.69, 9.17) is 37.9 Å². The third kappa shape index (κ3) is 8.84. The first kappa shape index (κ1) is 49.8. The van der Waals surface area contributed by atoms with E-state index < -0.39 is 142 Å². The molecule has 0 amide bonds. The first-order valence-electron chi connectivity index (χ1n) is 23.2. The summed E-state index contributed by atoms with van der Waals surface area (Å²) in [5.41, 5.74) is 1.86. The van der Waals surface area contributed by atoms with Gasteiger partial charge < -0.3 is 94.1 Å². The maximum Gasteiger partial charge on any atom is 0.187 e. The van der Waals surface area contributed by atoms with Crippen LogP contribution in [0.5, 0.6) is 0 Å². The molecule has 0 aromatic heterocycles. The molecule has 4 saturated heterocycles. The zero-order valence-corrected chi connectivity index (χ0v) is 37.5. The van der Waals surface area contributed by atoms with Gasteiger partial charge in [0, 0.05) is 0 Å². The summed E-state index contributed by atoms with van der Waals surface area (Å²) in [6.07, 6.45) is -23.3. The number of aliphatic hydroxyl groups excluding tert-OH is 11. The molecule has 4 heterocycles. The fourth-order valence-corrected chi connectivity index (χ4v) is 12.5. The lowest BCUT2D eigenvalue weighted by molar-refractivity contribution is -0.410. The molecule has 8 rings (SSSR count). The fourth-order valence-electron chi connectivity index (χ4n) is 12.5. The Morgan fingerprint density at radius 2 is 1.11 bits per heavy atom. The van der Waals surface area contributed by atoms with Crippen LogP contribution in [-0.4, -0.2) is 204 Å². The summed E-state index contributed by atoms with van der Waals surface area (Å²) in [4.78, 5) is 12.7. The summed E-state index contributed by atoms with van der Waals surface area (Å²) < 4.78 is 49.7. The second kappa shape index (κ2) is 19.3. The predicted octanol–water partition coefficient (Wildman–Crippen LogP) is -2.21. The number of aliphatic hydroxyl groups is 11. The molecule has 2 saturated carbocycles. The molecule has 0 unspecified atom stereocenters. The first-order valence-corrected chi connectivity index (χ1v) is 23.2. The van der Waals surface area contributed by atoms with Crippen molar-refractivity contribution in [3.63, 3.8) is 0 Å². The molecule has 20 heteroatoms. The average molecular weight is 931 g/mol. The lowest BCUT2D eigenvalue weighted by Gasteiger charge is -2.58. The molecule has 20 nitrogen and oxygen atoms in total. The van der Waals surface area contributed by atoms with Crippen molar-refractivity contribution in [3.8, 4) is 0 Å². The van der Waals surface area contributed by atoms with E-state index in [0.29, 0.717) is 30.6 Å². The van der Waals surface area contributed by atoms with E-state index >= 15 is 0 Å². The van der Waals surface area contributed by atoms with Gasteiger partial charge in [-0.25, -0.2) is 0 Å². The van der Waals surface area contributed by atoms with Crippen molar-refractivity contribution in [2.45, 2.75) is 208 Å². The first-order chi connectivity index (χ1) is 30.7. The summed E-state index contributed by atoms with van der Waals surface area (Å²) in [6, 6.07) is 0. The zero-order valence-electron chi connectivity index (χ0n) is 37.5. The molecule has 370 valence electrons. The van der Waals surface area contributed by atoms with E-state index in [1.54, 1.807) is 6.92 Å². The Hall–Kier alpha value is -1.61. The monoisotopic (exact) mass is 930 g/mol. The van der Waals surface area contributed by atoms with E-state index in [1.165, 1.54) is 19.4 Å². The Morgan fingerprint density at radius 1 is 0.585 bits per heavy atom. The predicted molar refractivity (Wildman–Crippen MR) is 220 cm³/mol. The van der Waals surface area contributed by atoms with Gasteiger partial charge in [0.1, 0.15) is 85.5 Å². The van der Waals surface area contributed by atoms with Crippen LogP contribution < -0.4 is 0 Å². The molecule has 6 fully saturated rings. The Morgan fingerprint density at radius 3 is 1.69 bits per heavy atom. The summed E-state index contributed by atoms with van der Waals surface area (Å²) in [5, 5.41) is 118. The molecule has 0 spiro atoms. The molecule has 65 heavy (non-hydrogen) atoms. The normalized spacial score (nSPS) is 53.6. The molecule has 4 aliphatic heterocycles. The molecule has 11 N–H and O–H groups in total. The van der Waals surface area contributed by atoms with Crippen molar-refractivity contribution in [1.29, 1.82) is 0 Å². The van der Waals surface area contributed by atoms with Crippen molar-refractivity contribution in [3.05, 3.63) is 23.3 Å². The lowest BCUT2D eigenvalue weighted by Crippen LogP contribution is -2.69. The highest BCUT2D eigenvalue weighted by molar-refractivity contribution is 5.95. The van der Waals surface area contributed by atoms with Gasteiger partial charge in [-0.15, -0.1) is 0 Å². The minimum Gasteiger partial charge on any atom is -0.394 e. The van der Waals surface area contributed by atoms with Gasteiger partial charge in [-0.1, -0.05) is 31.6 Å². The van der Waals surface area contributed by atoms with E-state index in [1.807, 2.05) is 0 Å². The Balaban J connectivity index is 1.12. The number of carbonyl (C=O) groups is 1. The van der Waals surface area contributed by atoms with Crippen LogP contribution in [0, 0.1) is 28.6 Å². The van der Waals surface area contributed by atoms with Crippen molar-refractivity contribution in [2.24, 2.45) is 28.6 Å². The quantitative estimate of drug-likeness (QED) is 0.0979. The number of ketones is 1. The molecular formula is C45H70O20. The van der Waals surface area contributed by atoms with Crippen LogP contribution in [0.1, 0.15) is 79.6 Å². The van der Waals surface area contributed by atoms with Crippen LogP contribution in [0.15, 0.2) is 23.3 Å². The van der Waals surface area contributed by atoms with E-state index in [0.717, 1.165) is 37.7 Å². The minimum absolute atomic E-state index is 0.139. The molecule has 4 aliphatic carbocycles. The standard InChI is InChI=1S/C45H70O20/c1-17(48)23-8-9-24-22-7-6-20-14-21(10-12-44(20,4)25(22)11-13-45(23,24)5)60-43-39(65-41-35(56)32(53)29(50)19(3)59-41)38(64-42-36(57)33(54)30(51)26(15-46)61-42)37(27(16-47)62-43)63-40-34(55)31(52)28(49)18(2)58-40/h6,8,18-19,21-22,24-43,46-47,49-57H,7,9-16H2,1-5H3/t18-,19-,21+,22-,24-,25-,26-,27-,28-,29-,30-,31+,32+,33+,34-,35-,36-,37-,38+,39-,40+,41+,42+,43-,44-,45-/m0/s1. The number of rotatable bonds is 11.